The first-order valence-electron chi connectivity index (χ1n) is 8.59. The lowest BCUT2D eigenvalue weighted by Gasteiger charge is -2.19. The van der Waals surface area contributed by atoms with Gasteiger partial charge in [-0.15, -0.1) is 11.8 Å². The van der Waals surface area contributed by atoms with Crippen molar-refractivity contribution in [1.82, 2.24) is 5.32 Å². The summed E-state index contributed by atoms with van der Waals surface area (Å²) in [5.41, 5.74) is 3.25. The van der Waals surface area contributed by atoms with Crippen molar-refractivity contribution in [1.29, 1.82) is 0 Å². The average Bonchev–Trinajstić information content (AvgIpc) is 3.00. The van der Waals surface area contributed by atoms with Crippen molar-refractivity contribution in [3.63, 3.8) is 0 Å². The molecule has 1 atom stereocenters. The van der Waals surface area contributed by atoms with Gasteiger partial charge in [0.25, 0.3) is 0 Å². The molecule has 1 unspecified atom stereocenters. The van der Waals surface area contributed by atoms with Crippen molar-refractivity contribution in [2.75, 3.05) is 12.8 Å². The van der Waals surface area contributed by atoms with Gasteiger partial charge < -0.3 is 10.1 Å². The van der Waals surface area contributed by atoms with E-state index in [0.29, 0.717) is 6.54 Å². The summed E-state index contributed by atoms with van der Waals surface area (Å²) < 4.78 is 5.98. The van der Waals surface area contributed by atoms with Crippen molar-refractivity contribution in [2.45, 2.75) is 38.2 Å². The molecule has 3 rings (SSSR count). The van der Waals surface area contributed by atoms with E-state index in [1.54, 1.807) is 11.8 Å². The number of hydrogen-bond acceptors (Lipinski definition) is 3. The number of rotatable bonds is 4. The van der Waals surface area contributed by atoms with Gasteiger partial charge in [0.15, 0.2) is 0 Å². The second-order valence-electron chi connectivity index (χ2n) is 7.46. The van der Waals surface area contributed by atoms with Crippen LogP contribution in [0, 0.1) is 5.41 Å². The van der Waals surface area contributed by atoms with Crippen molar-refractivity contribution in [3.05, 3.63) is 48.0 Å². The van der Waals surface area contributed by atoms with Crippen LogP contribution in [0.15, 0.2) is 47.4 Å². The zero-order chi connectivity index (χ0) is 18.0. The number of carbonyl (C=O) groups excluding carboxylic acids is 1. The quantitative estimate of drug-likeness (QED) is 0.818. The number of hydrogen-bond donors (Lipinski definition) is 1. The highest BCUT2D eigenvalue weighted by atomic mass is 32.2. The van der Waals surface area contributed by atoms with E-state index in [-0.39, 0.29) is 17.4 Å². The summed E-state index contributed by atoms with van der Waals surface area (Å²) in [5, 5.41) is 2.99. The fourth-order valence-electron chi connectivity index (χ4n) is 2.87. The summed E-state index contributed by atoms with van der Waals surface area (Å²) in [6.45, 7) is 6.30. The summed E-state index contributed by atoms with van der Waals surface area (Å²) in [4.78, 5) is 13.3. The third-order valence-electron chi connectivity index (χ3n) is 4.40. The third-order valence-corrected chi connectivity index (χ3v) is 5.14. The fraction of sp³-hybridized carbons (Fsp3) is 0.381. The molecule has 0 saturated heterocycles. The van der Waals surface area contributed by atoms with Crippen LogP contribution in [0.2, 0.25) is 0 Å². The van der Waals surface area contributed by atoms with Crippen LogP contribution in [0.3, 0.4) is 0 Å². The molecule has 1 aliphatic heterocycles. The Bertz CT molecular complexity index is 762. The second-order valence-corrected chi connectivity index (χ2v) is 8.33. The highest BCUT2D eigenvalue weighted by molar-refractivity contribution is 7.98. The van der Waals surface area contributed by atoms with Crippen molar-refractivity contribution in [3.8, 4) is 16.9 Å². The minimum atomic E-state index is -0.373. The monoisotopic (exact) mass is 355 g/mol. The maximum atomic E-state index is 12.0. The van der Waals surface area contributed by atoms with Gasteiger partial charge >= 0.3 is 0 Å². The molecule has 0 spiro atoms. The molecule has 1 aliphatic rings. The van der Waals surface area contributed by atoms with Crippen LogP contribution in [-0.2, 0) is 11.2 Å². The molecule has 3 nitrogen and oxygen atoms in total. The lowest BCUT2D eigenvalue weighted by atomic mass is 9.95. The van der Waals surface area contributed by atoms with E-state index < -0.39 is 0 Å². The van der Waals surface area contributed by atoms with Gasteiger partial charge in [-0.05, 0) is 47.2 Å². The number of amides is 1. The Morgan fingerprint density at radius 1 is 1.16 bits per heavy atom. The number of ether oxygens (including phenoxy) is 1. The first kappa shape index (κ1) is 17.9. The predicted molar refractivity (Wildman–Crippen MR) is 104 cm³/mol. The molecule has 0 aromatic heterocycles. The molecular formula is C21H25NO2S. The Morgan fingerprint density at radius 2 is 1.84 bits per heavy atom. The molecule has 1 amide bonds. The molecule has 1 N–H and O–H groups in total. The van der Waals surface area contributed by atoms with Gasteiger partial charge in [0.05, 0.1) is 6.54 Å². The smallest absolute Gasteiger partial charge is 0.225 e. The van der Waals surface area contributed by atoms with Crippen LogP contribution in [0.1, 0.15) is 26.3 Å². The Labute approximate surface area is 154 Å². The van der Waals surface area contributed by atoms with E-state index in [1.807, 2.05) is 26.8 Å². The Hall–Kier alpha value is -1.94. The van der Waals surface area contributed by atoms with Gasteiger partial charge in [0.1, 0.15) is 11.9 Å². The molecule has 25 heavy (non-hydrogen) atoms. The maximum absolute atomic E-state index is 12.0. The largest absolute Gasteiger partial charge is 0.488 e. The number of fused-ring (bicyclic) bond motifs is 1. The summed E-state index contributed by atoms with van der Waals surface area (Å²) in [6, 6.07) is 15.0. The SMILES string of the molecule is CSc1ccc(-c2ccc3c(c2)CC(CNC(=O)C(C)(C)C)O3)cc1. The average molecular weight is 356 g/mol. The second kappa shape index (κ2) is 7.12. The van der Waals surface area contributed by atoms with E-state index in [2.05, 4.69) is 48.0 Å². The Morgan fingerprint density at radius 3 is 2.48 bits per heavy atom. The van der Waals surface area contributed by atoms with Crippen LogP contribution < -0.4 is 10.1 Å². The first-order valence-corrected chi connectivity index (χ1v) is 9.81. The summed E-state index contributed by atoms with van der Waals surface area (Å²) in [7, 11) is 0. The molecule has 0 radical (unpaired) electrons. The third kappa shape index (κ3) is 4.18. The molecular weight excluding hydrogens is 330 g/mol. The van der Waals surface area contributed by atoms with Gasteiger partial charge in [-0.1, -0.05) is 39.0 Å². The fourth-order valence-corrected chi connectivity index (χ4v) is 3.28. The van der Waals surface area contributed by atoms with Gasteiger partial charge in [-0.25, -0.2) is 0 Å². The normalized spacial score (nSPS) is 16.2. The minimum Gasteiger partial charge on any atom is -0.488 e. The van der Waals surface area contributed by atoms with Crippen LogP contribution in [0.25, 0.3) is 11.1 Å². The lowest BCUT2D eigenvalue weighted by Crippen LogP contribution is -2.40. The Kier molecular flexibility index (Phi) is 5.09. The van der Waals surface area contributed by atoms with Crippen LogP contribution >= 0.6 is 11.8 Å². The van der Waals surface area contributed by atoms with E-state index in [9.17, 15) is 4.79 Å². The highest BCUT2D eigenvalue weighted by Gasteiger charge is 2.26. The minimum absolute atomic E-state index is 0.00965. The van der Waals surface area contributed by atoms with E-state index >= 15 is 0 Å². The zero-order valence-corrected chi connectivity index (χ0v) is 16.1. The molecule has 2 aromatic carbocycles. The van der Waals surface area contributed by atoms with Crippen molar-refractivity contribution >= 4 is 17.7 Å². The molecule has 2 aromatic rings. The van der Waals surface area contributed by atoms with Gasteiger partial charge in [0.2, 0.25) is 5.91 Å². The standard InChI is InChI=1S/C21H25NO2S/c1-21(2,3)20(23)22-13-17-12-16-11-15(7-10-19(16)24-17)14-5-8-18(25-4)9-6-14/h5-11,17H,12-13H2,1-4H3,(H,22,23). The summed E-state index contributed by atoms with van der Waals surface area (Å²) >= 11 is 1.75. The van der Waals surface area contributed by atoms with Crippen LogP contribution in [0.5, 0.6) is 5.75 Å². The van der Waals surface area contributed by atoms with Gasteiger partial charge in [0, 0.05) is 16.7 Å². The number of benzene rings is 2. The molecule has 1 heterocycles. The zero-order valence-electron chi connectivity index (χ0n) is 15.3. The maximum Gasteiger partial charge on any atom is 0.225 e. The van der Waals surface area contributed by atoms with E-state index in [0.717, 1.165) is 12.2 Å². The molecule has 0 bridgehead atoms. The lowest BCUT2D eigenvalue weighted by molar-refractivity contribution is -0.128. The molecule has 0 fully saturated rings. The number of nitrogens with one attached hydrogen (secondary N) is 1. The molecule has 132 valence electrons. The van der Waals surface area contributed by atoms with Crippen molar-refractivity contribution < 1.29 is 9.53 Å². The first-order chi connectivity index (χ1) is 11.9. The van der Waals surface area contributed by atoms with Crippen LogP contribution in [0.4, 0.5) is 0 Å². The molecule has 0 saturated carbocycles. The van der Waals surface area contributed by atoms with Crippen molar-refractivity contribution in [2.24, 2.45) is 5.41 Å². The highest BCUT2D eigenvalue weighted by Crippen LogP contribution is 2.33. The Balaban J connectivity index is 1.67. The molecule has 4 heteroatoms. The van der Waals surface area contributed by atoms with Gasteiger partial charge in [-0.2, -0.15) is 0 Å². The van der Waals surface area contributed by atoms with Crippen LogP contribution in [-0.4, -0.2) is 24.8 Å². The topological polar surface area (TPSA) is 38.3 Å². The van der Waals surface area contributed by atoms with E-state index in [4.69, 9.17) is 4.74 Å². The number of thioether (sulfide) groups is 1. The predicted octanol–water partition coefficient (Wildman–Crippen LogP) is 4.54. The summed E-state index contributed by atoms with van der Waals surface area (Å²) in [5.74, 6) is 0.987. The van der Waals surface area contributed by atoms with Gasteiger partial charge in [-0.3, -0.25) is 4.79 Å². The number of carbonyl (C=O) groups is 1. The van der Waals surface area contributed by atoms with E-state index in [1.165, 1.54) is 21.6 Å². The summed E-state index contributed by atoms with van der Waals surface area (Å²) in [6.07, 6.45) is 2.92. The molecule has 0 aliphatic carbocycles.